The molecule has 0 saturated carbocycles. The fourth-order valence-electron chi connectivity index (χ4n) is 3.93. The Morgan fingerprint density at radius 3 is 2.64 bits per heavy atom. The van der Waals surface area contributed by atoms with Crippen molar-refractivity contribution in [3.8, 4) is 0 Å². The molecule has 3 aromatic rings. The standard InChI is InChI=1S/C26H28N2/c1-3-7-21-12-13-23-17-24(14-15-26(23)28-25(21)4-2)27-18-19-10-11-20-8-5-6-9-22(20)16-19/h4-11,14-17,27-28H,3,12-13,18H2,1-2H3/b21-7-,25-4+. The first kappa shape index (κ1) is 18.4. The molecule has 0 radical (unpaired) electrons. The van der Waals surface area contributed by atoms with Gasteiger partial charge in [0.05, 0.1) is 0 Å². The van der Waals surface area contributed by atoms with Crippen LogP contribution in [0.5, 0.6) is 0 Å². The van der Waals surface area contributed by atoms with Gasteiger partial charge in [0.25, 0.3) is 0 Å². The van der Waals surface area contributed by atoms with E-state index in [9.17, 15) is 0 Å². The van der Waals surface area contributed by atoms with Crippen LogP contribution in [-0.2, 0) is 13.0 Å². The van der Waals surface area contributed by atoms with Crippen molar-refractivity contribution in [2.75, 3.05) is 10.6 Å². The van der Waals surface area contributed by atoms with E-state index in [0.29, 0.717) is 0 Å². The summed E-state index contributed by atoms with van der Waals surface area (Å²) in [5, 5.41) is 9.81. The van der Waals surface area contributed by atoms with Crippen molar-refractivity contribution in [3.05, 3.63) is 95.2 Å². The Bertz CT molecular complexity index is 1040. The van der Waals surface area contributed by atoms with Gasteiger partial charge in [-0.3, -0.25) is 0 Å². The van der Waals surface area contributed by atoms with Gasteiger partial charge in [-0.2, -0.15) is 0 Å². The molecule has 0 spiro atoms. The van der Waals surface area contributed by atoms with Crippen molar-refractivity contribution in [1.82, 2.24) is 0 Å². The summed E-state index contributed by atoms with van der Waals surface area (Å²) in [6.45, 7) is 5.14. The second kappa shape index (κ2) is 8.35. The van der Waals surface area contributed by atoms with Crippen molar-refractivity contribution in [2.45, 2.75) is 39.7 Å². The lowest BCUT2D eigenvalue weighted by atomic mass is 10.0. The third kappa shape index (κ3) is 3.96. The highest BCUT2D eigenvalue weighted by Crippen LogP contribution is 2.31. The molecule has 0 saturated heterocycles. The molecule has 4 rings (SSSR count). The Balaban J connectivity index is 1.50. The van der Waals surface area contributed by atoms with Gasteiger partial charge in [-0.05, 0) is 77.9 Å². The topological polar surface area (TPSA) is 24.1 Å². The summed E-state index contributed by atoms with van der Waals surface area (Å²) in [6, 6.07) is 21.9. The largest absolute Gasteiger partial charge is 0.381 e. The lowest BCUT2D eigenvalue weighted by Crippen LogP contribution is -2.02. The first-order chi connectivity index (χ1) is 13.8. The van der Waals surface area contributed by atoms with Crippen LogP contribution in [-0.4, -0.2) is 0 Å². The monoisotopic (exact) mass is 368 g/mol. The van der Waals surface area contributed by atoms with Crippen LogP contribution in [0, 0.1) is 0 Å². The van der Waals surface area contributed by atoms with Crippen LogP contribution in [0.3, 0.4) is 0 Å². The third-order valence-corrected chi connectivity index (χ3v) is 5.43. The molecule has 0 fully saturated rings. The summed E-state index contributed by atoms with van der Waals surface area (Å²) in [7, 11) is 0. The van der Waals surface area contributed by atoms with E-state index < -0.39 is 0 Å². The maximum Gasteiger partial charge on any atom is 0.0418 e. The molecule has 0 amide bonds. The number of allylic oxidation sites excluding steroid dienone is 3. The summed E-state index contributed by atoms with van der Waals surface area (Å²) in [4.78, 5) is 0. The number of aryl methyl sites for hydroxylation is 1. The average molecular weight is 369 g/mol. The summed E-state index contributed by atoms with van der Waals surface area (Å²) in [6.07, 6.45) is 7.75. The second-order valence-corrected chi connectivity index (χ2v) is 7.37. The number of benzene rings is 3. The molecule has 0 unspecified atom stereocenters. The second-order valence-electron chi connectivity index (χ2n) is 7.37. The maximum absolute atomic E-state index is 3.63. The van der Waals surface area contributed by atoms with E-state index in [1.165, 1.54) is 44.5 Å². The summed E-state index contributed by atoms with van der Waals surface area (Å²) >= 11 is 0. The third-order valence-electron chi connectivity index (χ3n) is 5.43. The summed E-state index contributed by atoms with van der Waals surface area (Å²) in [5.74, 6) is 0. The van der Waals surface area contributed by atoms with Crippen LogP contribution >= 0.6 is 0 Å². The highest BCUT2D eigenvalue weighted by molar-refractivity contribution is 5.83. The quantitative estimate of drug-likeness (QED) is 0.515. The fraction of sp³-hybridized carbons (Fsp3) is 0.231. The van der Waals surface area contributed by atoms with E-state index in [1.807, 2.05) is 0 Å². The number of hydrogen-bond acceptors (Lipinski definition) is 2. The van der Waals surface area contributed by atoms with E-state index >= 15 is 0 Å². The smallest absolute Gasteiger partial charge is 0.0418 e. The van der Waals surface area contributed by atoms with Gasteiger partial charge in [-0.1, -0.05) is 55.5 Å². The number of rotatable bonds is 4. The van der Waals surface area contributed by atoms with Crippen LogP contribution in [0.25, 0.3) is 10.8 Å². The molecule has 2 nitrogen and oxygen atoms in total. The van der Waals surface area contributed by atoms with E-state index in [0.717, 1.165) is 25.8 Å². The molecule has 0 aromatic heterocycles. The molecule has 0 atom stereocenters. The van der Waals surface area contributed by atoms with Crippen LogP contribution in [0.4, 0.5) is 11.4 Å². The van der Waals surface area contributed by atoms with Crippen LogP contribution in [0.15, 0.2) is 84.1 Å². The molecule has 1 aliphatic heterocycles. The molecule has 2 heteroatoms. The van der Waals surface area contributed by atoms with Crippen molar-refractivity contribution in [3.63, 3.8) is 0 Å². The Kier molecular flexibility index (Phi) is 5.48. The molecule has 2 N–H and O–H groups in total. The van der Waals surface area contributed by atoms with Gasteiger partial charge in [0.2, 0.25) is 0 Å². The summed E-state index contributed by atoms with van der Waals surface area (Å²) in [5.41, 5.74) is 7.75. The van der Waals surface area contributed by atoms with Crippen molar-refractivity contribution in [1.29, 1.82) is 0 Å². The van der Waals surface area contributed by atoms with E-state index in [2.05, 4.69) is 97.3 Å². The Morgan fingerprint density at radius 1 is 0.964 bits per heavy atom. The van der Waals surface area contributed by atoms with Crippen molar-refractivity contribution in [2.24, 2.45) is 0 Å². The Morgan fingerprint density at radius 2 is 1.82 bits per heavy atom. The number of hydrogen-bond donors (Lipinski definition) is 2. The molecular formula is C26H28N2. The zero-order chi connectivity index (χ0) is 19.3. The zero-order valence-electron chi connectivity index (χ0n) is 16.8. The van der Waals surface area contributed by atoms with E-state index in [1.54, 1.807) is 0 Å². The van der Waals surface area contributed by atoms with Crippen molar-refractivity contribution >= 4 is 22.1 Å². The first-order valence-electron chi connectivity index (χ1n) is 10.2. The number of nitrogens with one attached hydrogen (secondary N) is 2. The highest BCUT2D eigenvalue weighted by atomic mass is 14.9. The molecule has 142 valence electrons. The minimum absolute atomic E-state index is 0.831. The van der Waals surface area contributed by atoms with Crippen LogP contribution in [0.1, 0.15) is 37.8 Å². The SMILES string of the molecule is C/C=C1/Nc2ccc(NCc3ccc4ccccc4c3)cc2CC/C1=C/CC. The molecule has 3 aromatic carbocycles. The Hall–Kier alpha value is -3.00. The van der Waals surface area contributed by atoms with Crippen molar-refractivity contribution < 1.29 is 0 Å². The van der Waals surface area contributed by atoms with Gasteiger partial charge >= 0.3 is 0 Å². The minimum atomic E-state index is 0.831. The molecule has 1 heterocycles. The molecule has 0 aliphatic carbocycles. The maximum atomic E-state index is 3.63. The van der Waals surface area contributed by atoms with Gasteiger partial charge in [-0.25, -0.2) is 0 Å². The fourth-order valence-corrected chi connectivity index (χ4v) is 3.93. The van der Waals surface area contributed by atoms with Gasteiger partial charge in [0.15, 0.2) is 0 Å². The lowest BCUT2D eigenvalue weighted by molar-refractivity contribution is 0.957. The van der Waals surface area contributed by atoms with E-state index in [-0.39, 0.29) is 0 Å². The molecule has 0 bridgehead atoms. The first-order valence-corrected chi connectivity index (χ1v) is 10.2. The normalized spacial score (nSPS) is 16.6. The minimum Gasteiger partial charge on any atom is -0.381 e. The molecule has 1 aliphatic rings. The average Bonchev–Trinajstić information content (AvgIpc) is 2.91. The lowest BCUT2D eigenvalue weighted by Gasteiger charge is -2.13. The summed E-state index contributed by atoms with van der Waals surface area (Å²) < 4.78 is 0. The predicted octanol–water partition coefficient (Wildman–Crippen LogP) is 7.05. The van der Waals surface area contributed by atoms with Gasteiger partial charge in [0, 0.05) is 23.6 Å². The van der Waals surface area contributed by atoms with Gasteiger partial charge in [-0.15, -0.1) is 0 Å². The number of fused-ring (bicyclic) bond motifs is 2. The molecular weight excluding hydrogens is 340 g/mol. The zero-order valence-corrected chi connectivity index (χ0v) is 16.8. The van der Waals surface area contributed by atoms with Crippen LogP contribution in [0.2, 0.25) is 0 Å². The van der Waals surface area contributed by atoms with Crippen LogP contribution < -0.4 is 10.6 Å². The van der Waals surface area contributed by atoms with E-state index in [4.69, 9.17) is 0 Å². The predicted molar refractivity (Wildman–Crippen MR) is 122 cm³/mol. The van der Waals surface area contributed by atoms with Gasteiger partial charge in [0.1, 0.15) is 0 Å². The molecule has 28 heavy (non-hydrogen) atoms. The highest BCUT2D eigenvalue weighted by Gasteiger charge is 2.14. The van der Waals surface area contributed by atoms with Gasteiger partial charge < -0.3 is 10.6 Å². The Labute approximate surface area is 168 Å². The number of anilines is 2.